The van der Waals surface area contributed by atoms with Crippen molar-refractivity contribution in [3.63, 3.8) is 0 Å². The first-order valence-electron chi connectivity index (χ1n) is 14.9. The van der Waals surface area contributed by atoms with E-state index in [1.54, 1.807) is 0 Å². The van der Waals surface area contributed by atoms with Gasteiger partial charge in [0.2, 0.25) is 11.8 Å². The van der Waals surface area contributed by atoms with Crippen LogP contribution in [-0.4, -0.2) is 65.0 Å². The molecule has 0 radical (unpaired) electrons. The summed E-state index contributed by atoms with van der Waals surface area (Å²) in [6.07, 6.45) is 7.54. The second-order valence-corrected chi connectivity index (χ2v) is 12.6. The van der Waals surface area contributed by atoms with Crippen LogP contribution in [0.25, 0.3) is 10.2 Å². The molecule has 1 aliphatic carbocycles. The van der Waals surface area contributed by atoms with Gasteiger partial charge in [-0.05, 0) is 49.9 Å². The van der Waals surface area contributed by atoms with Crippen molar-refractivity contribution in [3.05, 3.63) is 66.3 Å². The molecular weight excluding hydrogens is 590 g/mol. The summed E-state index contributed by atoms with van der Waals surface area (Å²) >= 11 is 1.37. The number of carbonyl (C=O) groups is 3. The van der Waals surface area contributed by atoms with Crippen LogP contribution in [0.4, 0.5) is 14.5 Å². The summed E-state index contributed by atoms with van der Waals surface area (Å²) in [7, 11) is 1.29. The first kappa shape index (κ1) is 30.0. The second kappa shape index (κ2) is 12.5. The van der Waals surface area contributed by atoms with E-state index in [-0.39, 0.29) is 24.6 Å². The monoisotopic (exact) mass is 624 g/mol. The molecule has 0 bridgehead atoms. The normalized spacial score (nSPS) is 28.2. The Labute approximate surface area is 257 Å². The van der Waals surface area contributed by atoms with E-state index in [4.69, 9.17) is 9.47 Å². The Morgan fingerprint density at radius 2 is 1.93 bits per heavy atom. The molecule has 0 unspecified atom stereocenters. The molecule has 6 rings (SSSR count). The van der Waals surface area contributed by atoms with Gasteiger partial charge < -0.3 is 25.0 Å². The van der Waals surface area contributed by atoms with Crippen molar-refractivity contribution in [2.75, 3.05) is 19.0 Å². The van der Waals surface area contributed by atoms with Gasteiger partial charge in [-0.25, -0.2) is 18.6 Å². The highest BCUT2D eigenvalue weighted by atomic mass is 32.1. The topological polar surface area (TPSA) is 110 Å². The molecule has 1 aromatic heterocycles. The number of aromatic nitrogens is 1. The number of nitrogens with zero attached hydrogens (tertiary/aromatic N) is 2. The van der Waals surface area contributed by atoms with E-state index in [1.807, 2.05) is 36.4 Å². The SMILES string of the molecule is COC(=O)[C@@]12C[C@H]1/C=C\CCCCC[C@H](Nc1cc(F)cc(F)c1)C(=O)N1C[C@H](Oc3nc4ccccc4s3)C[C@H]1C(=O)N2. The molecular formula is C32H34F2N4O5S. The average Bonchev–Trinajstić information content (AvgIpc) is 3.31. The lowest BCUT2D eigenvalue weighted by Gasteiger charge is -2.30. The van der Waals surface area contributed by atoms with Gasteiger partial charge in [0.1, 0.15) is 35.4 Å². The number of thiazole rings is 1. The molecule has 2 aliphatic heterocycles. The number of esters is 1. The predicted octanol–water partition coefficient (Wildman–Crippen LogP) is 4.97. The fraction of sp³-hybridized carbons (Fsp3) is 0.438. The number of fused-ring (bicyclic) bond motifs is 3. The maximum Gasteiger partial charge on any atom is 0.332 e. The summed E-state index contributed by atoms with van der Waals surface area (Å²) in [5.74, 6) is -3.15. The molecule has 3 aliphatic rings. The van der Waals surface area contributed by atoms with Crippen molar-refractivity contribution in [1.29, 1.82) is 0 Å². The lowest BCUT2D eigenvalue weighted by Crippen LogP contribution is -2.55. The van der Waals surface area contributed by atoms with Gasteiger partial charge in [-0.1, -0.05) is 48.5 Å². The molecule has 2 aromatic carbocycles. The van der Waals surface area contributed by atoms with Gasteiger partial charge >= 0.3 is 5.97 Å². The van der Waals surface area contributed by atoms with E-state index in [1.165, 1.54) is 23.3 Å². The van der Waals surface area contributed by atoms with Gasteiger partial charge in [0.15, 0.2) is 0 Å². The van der Waals surface area contributed by atoms with Crippen LogP contribution in [-0.2, 0) is 19.1 Å². The standard InChI is InChI=1S/C32H34F2N4O5S/c1-42-30(41)32-17-19(32)9-5-3-2-4-6-11-25(35-22-14-20(33)13-21(34)15-22)29(40)38-18-23(16-26(38)28(39)37-32)43-31-36-24-10-7-8-12-27(24)44-31/h5,7-10,12-15,19,23,25-26,35H,2-4,6,11,16-18H2,1H3,(H,37,39)/b9-5-/t19-,23-,25+,26+,32-/m1/s1. The second-order valence-electron chi connectivity index (χ2n) is 11.6. The Morgan fingerprint density at radius 3 is 2.70 bits per heavy atom. The molecule has 1 saturated heterocycles. The third-order valence-corrected chi connectivity index (χ3v) is 9.46. The maximum atomic E-state index is 14.2. The van der Waals surface area contributed by atoms with E-state index in [2.05, 4.69) is 15.6 Å². The zero-order chi connectivity index (χ0) is 30.8. The molecule has 44 heavy (non-hydrogen) atoms. The number of nitrogens with one attached hydrogen (secondary N) is 2. The Kier molecular flexibility index (Phi) is 8.53. The summed E-state index contributed by atoms with van der Waals surface area (Å²) in [5, 5.41) is 6.37. The third-order valence-electron chi connectivity index (χ3n) is 8.53. The number of para-hydroxylation sites is 1. The van der Waals surface area contributed by atoms with Crippen LogP contribution >= 0.6 is 11.3 Å². The molecule has 1 saturated carbocycles. The minimum Gasteiger partial charge on any atom is -0.467 e. The summed E-state index contributed by atoms with van der Waals surface area (Å²) in [6, 6.07) is 8.85. The van der Waals surface area contributed by atoms with E-state index in [9.17, 15) is 23.2 Å². The fourth-order valence-electron chi connectivity index (χ4n) is 6.20. The van der Waals surface area contributed by atoms with Crippen LogP contribution in [0.2, 0.25) is 0 Å². The number of ether oxygens (including phenoxy) is 2. The minimum atomic E-state index is -1.19. The molecule has 3 aromatic rings. The molecule has 2 amide bonds. The predicted molar refractivity (Wildman–Crippen MR) is 161 cm³/mol. The van der Waals surface area contributed by atoms with Crippen LogP contribution in [0.15, 0.2) is 54.6 Å². The van der Waals surface area contributed by atoms with Crippen molar-refractivity contribution in [2.45, 2.75) is 68.7 Å². The van der Waals surface area contributed by atoms with Gasteiger partial charge in [0.05, 0.1) is 23.9 Å². The van der Waals surface area contributed by atoms with Crippen LogP contribution in [0.3, 0.4) is 0 Å². The van der Waals surface area contributed by atoms with Crippen LogP contribution in [0.1, 0.15) is 44.9 Å². The molecule has 9 nitrogen and oxygen atoms in total. The Hall–Kier alpha value is -4.06. The third kappa shape index (κ3) is 6.26. The highest BCUT2D eigenvalue weighted by Gasteiger charge is 2.62. The number of hydrogen-bond acceptors (Lipinski definition) is 8. The highest BCUT2D eigenvalue weighted by Crippen LogP contribution is 2.46. The number of rotatable bonds is 5. The molecule has 5 atom stereocenters. The molecule has 2 N–H and O–H groups in total. The number of allylic oxidation sites excluding steroid dienone is 1. The van der Waals surface area contributed by atoms with Crippen molar-refractivity contribution < 1.29 is 32.6 Å². The van der Waals surface area contributed by atoms with E-state index >= 15 is 0 Å². The van der Waals surface area contributed by atoms with E-state index in [0.717, 1.165) is 47.7 Å². The lowest BCUT2D eigenvalue weighted by molar-refractivity contribution is -0.148. The first-order chi connectivity index (χ1) is 21.3. The molecule has 232 valence electrons. The van der Waals surface area contributed by atoms with Crippen molar-refractivity contribution in [3.8, 4) is 5.19 Å². The average molecular weight is 625 g/mol. The number of hydrogen-bond donors (Lipinski definition) is 2. The summed E-state index contributed by atoms with van der Waals surface area (Å²) in [6.45, 7) is 0.0943. The van der Waals surface area contributed by atoms with Crippen molar-refractivity contribution in [2.24, 2.45) is 5.92 Å². The Morgan fingerprint density at radius 1 is 1.14 bits per heavy atom. The maximum absolute atomic E-state index is 14.2. The number of amides is 2. The number of anilines is 1. The Bertz CT molecular complexity index is 1540. The largest absolute Gasteiger partial charge is 0.467 e. The number of benzene rings is 2. The zero-order valence-corrected chi connectivity index (χ0v) is 25.1. The van der Waals surface area contributed by atoms with Gasteiger partial charge in [-0.2, -0.15) is 0 Å². The summed E-state index contributed by atoms with van der Waals surface area (Å²) in [4.78, 5) is 47.0. The zero-order valence-electron chi connectivity index (χ0n) is 24.3. The first-order valence-corrected chi connectivity index (χ1v) is 15.7. The molecule has 12 heteroatoms. The fourth-order valence-corrected chi connectivity index (χ4v) is 7.08. The van der Waals surface area contributed by atoms with Crippen LogP contribution < -0.4 is 15.4 Å². The van der Waals surface area contributed by atoms with Gasteiger partial charge in [-0.15, -0.1) is 0 Å². The van der Waals surface area contributed by atoms with E-state index < -0.39 is 53.1 Å². The van der Waals surface area contributed by atoms with E-state index in [0.29, 0.717) is 24.5 Å². The molecule has 2 fully saturated rings. The van der Waals surface area contributed by atoms with Crippen molar-refractivity contribution in [1.82, 2.24) is 15.2 Å². The van der Waals surface area contributed by atoms with Crippen molar-refractivity contribution >= 4 is 45.0 Å². The van der Waals surface area contributed by atoms with Gasteiger partial charge in [-0.3, -0.25) is 9.59 Å². The Balaban J connectivity index is 1.30. The van der Waals surface area contributed by atoms with Gasteiger partial charge in [0.25, 0.3) is 5.19 Å². The summed E-state index contributed by atoms with van der Waals surface area (Å²) < 4.78 is 40.3. The smallest absolute Gasteiger partial charge is 0.332 e. The number of methoxy groups -OCH3 is 1. The van der Waals surface area contributed by atoms with Gasteiger partial charge in [0, 0.05) is 24.1 Å². The van der Waals surface area contributed by atoms with Crippen LogP contribution in [0, 0.1) is 17.6 Å². The minimum absolute atomic E-state index is 0.0943. The quantitative estimate of drug-likeness (QED) is 0.305. The molecule has 3 heterocycles. The number of halogens is 2. The van der Waals surface area contributed by atoms with Crippen LogP contribution in [0.5, 0.6) is 5.19 Å². The highest BCUT2D eigenvalue weighted by molar-refractivity contribution is 7.20. The summed E-state index contributed by atoms with van der Waals surface area (Å²) in [5.41, 5.74) is -0.275. The number of carbonyl (C=O) groups excluding carboxylic acids is 3. The lowest BCUT2D eigenvalue weighted by atomic mass is 10.0. The molecule has 0 spiro atoms.